The lowest BCUT2D eigenvalue weighted by Gasteiger charge is -2.20. The standard InChI is InChI=1S/C15H24N4O3S/c1-4-6-11-9-19(10-13(11)18-23(3,21)22)14-12(15(20)16-2)7-5-8-17-14/h5,7-8,11,13,18H,4,6,9-10H2,1-3H3,(H,16,20). The van der Waals surface area contributed by atoms with Gasteiger partial charge in [-0.15, -0.1) is 0 Å². The van der Waals surface area contributed by atoms with Crippen molar-refractivity contribution in [3.05, 3.63) is 23.9 Å². The van der Waals surface area contributed by atoms with Crippen LogP contribution in [-0.4, -0.2) is 51.7 Å². The second-order valence-electron chi connectivity index (χ2n) is 5.90. The quantitative estimate of drug-likeness (QED) is 0.791. The minimum atomic E-state index is -3.27. The lowest BCUT2D eigenvalue weighted by atomic mass is 9.99. The van der Waals surface area contributed by atoms with Crippen molar-refractivity contribution >= 4 is 21.7 Å². The van der Waals surface area contributed by atoms with E-state index < -0.39 is 10.0 Å². The summed E-state index contributed by atoms with van der Waals surface area (Å²) in [7, 11) is -1.69. The van der Waals surface area contributed by atoms with E-state index in [1.807, 2.05) is 4.90 Å². The van der Waals surface area contributed by atoms with Gasteiger partial charge in [0.15, 0.2) is 0 Å². The summed E-state index contributed by atoms with van der Waals surface area (Å²) in [6.45, 7) is 3.28. The molecular formula is C15H24N4O3S. The Morgan fingerprint density at radius 1 is 1.43 bits per heavy atom. The van der Waals surface area contributed by atoms with E-state index in [2.05, 4.69) is 21.9 Å². The molecule has 0 radical (unpaired) electrons. The van der Waals surface area contributed by atoms with Crippen molar-refractivity contribution in [3.8, 4) is 0 Å². The molecule has 2 unspecified atom stereocenters. The molecule has 1 amide bonds. The highest BCUT2D eigenvalue weighted by Gasteiger charge is 2.35. The second-order valence-corrected chi connectivity index (χ2v) is 7.68. The fourth-order valence-electron chi connectivity index (χ4n) is 3.08. The molecule has 2 heterocycles. The average molecular weight is 340 g/mol. The van der Waals surface area contributed by atoms with Crippen LogP contribution in [0.3, 0.4) is 0 Å². The number of anilines is 1. The van der Waals surface area contributed by atoms with Crippen LogP contribution in [0.2, 0.25) is 0 Å². The van der Waals surface area contributed by atoms with Crippen molar-refractivity contribution in [2.24, 2.45) is 5.92 Å². The van der Waals surface area contributed by atoms with Gasteiger partial charge in [-0.1, -0.05) is 13.3 Å². The summed E-state index contributed by atoms with van der Waals surface area (Å²) in [5, 5.41) is 2.61. The third kappa shape index (κ3) is 4.42. The first-order valence-electron chi connectivity index (χ1n) is 7.75. The van der Waals surface area contributed by atoms with Gasteiger partial charge in [0.25, 0.3) is 5.91 Å². The Kier molecular flexibility index (Phi) is 5.59. The second kappa shape index (κ2) is 7.27. The molecule has 128 valence electrons. The molecule has 2 atom stereocenters. The van der Waals surface area contributed by atoms with Gasteiger partial charge < -0.3 is 10.2 Å². The van der Waals surface area contributed by atoms with Gasteiger partial charge in [-0.2, -0.15) is 0 Å². The van der Waals surface area contributed by atoms with E-state index in [0.29, 0.717) is 24.5 Å². The van der Waals surface area contributed by atoms with Gasteiger partial charge in [0.05, 0.1) is 11.8 Å². The van der Waals surface area contributed by atoms with E-state index in [1.165, 1.54) is 6.26 Å². The molecule has 1 aliphatic heterocycles. The van der Waals surface area contributed by atoms with Crippen LogP contribution in [0, 0.1) is 5.92 Å². The smallest absolute Gasteiger partial charge is 0.254 e. The van der Waals surface area contributed by atoms with Gasteiger partial charge in [0.1, 0.15) is 5.82 Å². The molecule has 0 aliphatic carbocycles. The molecule has 8 heteroatoms. The number of aromatic nitrogens is 1. The van der Waals surface area contributed by atoms with E-state index >= 15 is 0 Å². The molecule has 1 fully saturated rings. The van der Waals surface area contributed by atoms with Crippen molar-refractivity contribution in [2.75, 3.05) is 31.3 Å². The summed E-state index contributed by atoms with van der Waals surface area (Å²) < 4.78 is 25.9. The fraction of sp³-hybridized carbons (Fsp3) is 0.600. The predicted molar refractivity (Wildman–Crippen MR) is 90.0 cm³/mol. The van der Waals surface area contributed by atoms with Crippen molar-refractivity contribution in [1.82, 2.24) is 15.0 Å². The maximum Gasteiger partial charge on any atom is 0.254 e. The molecule has 0 saturated carbocycles. The zero-order valence-corrected chi connectivity index (χ0v) is 14.6. The number of nitrogens with one attached hydrogen (secondary N) is 2. The van der Waals surface area contributed by atoms with Gasteiger partial charge in [0, 0.05) is 32.4 Å². The van der Waals surface area contributed by atoms with E-state index in [-0.39, 0.29) is 17.9 Å². The number of amides is 1. The predicted octanol–water partition coefficient (Wildman–Crippen LogP) is 0.595. The normalized spacial score (nSPS) is 21.4. The fourth-order valence-corrected chi connectivity index (χ4v) is 3.89. The molecule has 1 aliphatic rings. The molecule has 0 bridgehead atoms. The van der Waals surface area contributed by atoms with Crippen LogP contribution in [0.15, 0.2) is 18.3 Å². The Balaban J connectivity index is 2.26. The first-order valence-corrected chi connectivity index (χ1v) is 9.64. The Morgan fingerprint density at radius 3 is 2.78 bits per heavy atom. The number of carbonyl (C=O) groups is 1. The zero-order valence-electron chi connectivity index (χ0n) is 13.7. The Hall–Kier alpha value is -1.67. The van der Waals surface area contributed by atoms with Gasteiger partial charge in [-0.05, 0) is 24.5 Å². The number of pyridine rings is 1. The van der Waals surface area contributed by atoms with Crippen molar-refractivity contribution < 1.29 is 13.2 Å². The van der Waals surface area contributed by atoms with Gasteiger partial charge in [-0.25, -0.2) is 18.1 Å². The summed E-state index contributed by atoms with van der Waals surface area (Å²) in [5.41, 5.74) is 0.505. The lowest BCUT2D eigenvalue weighted by Crippen LogP contribution is -2.40. The number of rotatable bonds is 6. The molecule has 7 nitrogen and oxygen atoms in total. The number of nitrogens with zero attached hydrogens (tertiary/aromatic N) is 2. The highest BCUT2D eigenvalue weighted by Crippen LogP contribution is 2.28. The lowest BCUT2D eigenvalue weighted by molar-refractivity contribution is 0.0963. The Labute approximate surface area is 137 Å². The highest BCUT2D eigenvalue weighted by atomic mass is 32.2. The molecule has 2 rings (SSSR count). The van der Waals surface area contributed by atoms with Crippen LogP contribution in [0.5, 0.6) is 0 Å². The van der Waals surface area contributed by atoms with Gasteiger partial charge in [-0.3, -0.25) is 4.79 Å². The van der Waals surface area contributed by atoms with Crippen LogP contribution in [-0.2, 0) is 10.0 Å². The largest absolute Gasteiger partial charge is 0.355 e. The Morgan fingerprint density at radius 2 is 2.17 bits per heavy atom. The first kappa shape index (κ1) is 17.7. The van der Waals surface area contributed by atoms with Gasteiger partial charge in [0.2, 0.25) is 10.0 Å². The molecule has 23 heavy (non-hydrogen) atoms. The van der Waals surface area contributed by atoms with Crippen LogP contribution in [0.4, 0.5) is 5.82 Å². The van der Waals surface area contributed by atoms with Crippen LogP contribution in [0.1, 0.15) is 30.1 Å². The number of sulfonamides is 1. The van der Waals surface area contributed by atoms with E-state index in [1.54, 1.807) is 25.4 Å². The van der Waals surface area contributed by atoms with Crippen molar-refractivity contribution in [3.63, 3.8) is 0 Å². The minimum Gasteiger partial charge on any atom is -0.355 e. The summed E-state index contributed by atoms with van der Waals surface area (Å²) in [5.74, 6) is 0.611. The monoisotopic (exact) mass is 340 g/mol. The van der Waals surface area contributed by atoms with E-state index in [4.69, 9.17) is 0 Å². The molecule has 1 aromatic rings. The summed E-state index contributed by atoms with van der Waals surface area (Å²) in [6, 6.07) is 3.29. The van der Waals surface area contributed by atoms with Crippen molar-refractivity contribution in [1.29, 1.82) is 0 Å². The highest BCUT2D eigenvalue weighted by molar-refractivity contribution is 7.88. The maximum atomic E-state index is 12.0. The minimum absolute atomic E-state index is 0.163. The van der Waals surface area contributed by atoms with E-state index in [0.717, 1.165) is 12.8 Å². The number of hydrogen-bond acceptors (Lipinski definition) is 5. The van der Waals surface area contributed by atoms with E-state index in [9.17, 15) is 13.2 Å². The number of hydrogen-bond donors (Lipinski definition) is 2. The average Bonchev–Trinajstić information content (AvgIpc) is 2.87. The first-order chi connectivity index (χ1) is 10.9. The summed E-state index contributed by atoms with van der Waals surface area (Å²) in [6.07, 6.45) is 4.72. The molecule has 0 spiro atoms. The molecule has 0 aromatic carbocycles. The summed E-state index contributed by atoms with van der Waals surface area (Å²) >= 11 is 0. The SMILES string of the molecule is CCCC1CN(c2ncccc2C(=O)NC)CC1NS(C)(=O)=O. The Bertz CT molecular complexity index is 662. The van der Waals surface area contributed by atoms with Crippen LogP contribution in [0.25, 0.3) is 0 Å². The van der Waals surface area contributed by atoms with Crippen LogP contribution < -0.4 is 14.9 Å². The van der Waals surface area contributed by atoms with Crippen molar-refractivity contribution in [2.45, 2.75) is 25.8 Å². The zero-order chi connectivity index (χ0) is 17.0. The topological polar surface area (TPSA) is 91.4 Å². The molecule has 2 N–H and O–H groups in total. The number of carbonyl (C=O) groups excluding carboxylic acids is 1. The molecular weight excluding hydrogens is 316 g/mol. The molecule has 1 aromatic heterocycles. The van der Waals surface area contributed by atoms with Gasteiger partial charge >= 0.3 is 0 Å². The maximum absolute atomic E-state index is 12.0. The molecule has 1 saturated heterocycles. The summed E-state index contributed by atoms with van der Waals surface area (Å²) in [4.78, 5) is 18.4. The third-order valence-electron chi connectivity index (χ3n) is 4.02. The van der Waals surface area contributed by atoms with Crippen LogP contribution >= 0.6 is 0 Å². The third-order valence-corrected chi connectivity index (χ3v) is 4.75.